The van der Waals surface area contributed by atoms with E-state index in [1.807, 2.05) is 19.2 Å². The number of benzene rings is 1. The standard InChI is InChI=1S/C17H21N3OS/c1-18-17(20-14-5-6-14)19-10-16-9-13(11-22-16)12-3-7-15(21-2)8-4-12/h3-4,7-9,11,14H,5-6,10H2,1-2H3,(H2,18,19,20). The number of ether oxygens (including phenoxy) is 1. The van der Waals surface area contributed by atoms with Gasteiger partial charge in [0.05, 0.1) is 13.7 Å². The van der Waals surface area contributed by atoms with Gasteiger partial charge in [0.15, 0.2) is 5.96 Å². The number of nitrogens with one attached hydrogen (secondary N) is 2. The van der Waals surface area contributed by atoms with E-state index in [-0.39, 0.29) is 0 Å². The molecule has 116 valence electrons. The normalized spacial score (nSPS) is 14.7. The van der Waals surface area contributed by atoms with Crippen LogP contribution in [0.4, 0.5) is 0 Å². The summed E-state index contributed by atoms with van der Waals surface area (Å²) in [5, 5.41) is 8.95. The number of rotatable bonds is 5. The summed E-state index contributed by atoms with van der Waals surface area (Å²) in [5.74, 6) is 1.78. The molecule has 1 aliphatic rings. The van der Waals surface area contributed by atoms with Gasteiger partial charge in [0.1, 0.15) is 5.75 Å². The predicted molar refractivity (Wildman–Crippen MR) is 92.7 cm³/mol. The van der Waals surface area contributed by atoms with Gasteiger partial charge in [-0.15, -0.1) is 11.3 Å². The Labute approximate surface area is 135 Å². The van der Waals surface area contributed by atoms with E-state index in [4.69, 9.17) is 4.74 Å². The molecule has 2 N–H and O–H groups in total. The summed E-state index contributed by atoms with van der Waals surface area (Å²) in [5.41, 5.74) is 2.46. The highest BCUT2D eigenvalue weighted by Crippen LogP contribution is 2.27. The molecule has 1 aliphatic carbocycles. The van der Waals surface area contributed by atoms with Gasteiger partial charge in [0.2, 0.25) is 0 Å². The van der Waals surface area contributed by atoms with Crippen molar-refractivity contribution in [3.63, 3.8) is 0 Å². The van der Waals surface area contributed by atoms with E-state index in [9.17, 15) is 0 Å². The summed E-state index contributed by atoms with van der Waals surface area (Å²) >= 11 is 1.76. The zero-order valence-electron chi connectivity index (χ0n) is 12.9. The van der Waals surface area contributed by atoms with E-state index in [2.05, 4.69) is 39.2 Å². The Hall–Kier alpha value is -2.01. The van der Waals surface area contributed by atoms with Gasteiger partial charge < -0.3 is 15.4 Å². The lowest BCUT2D eigenvalue weighted by Gasteiger charge is -2.09. The molecule has 0 aliphatic heterocycles. The number of nitrogens with zero attached hydrogens (tertiary/aromatic N) is 1. The largest absolute Gasteiger partial charge is 0.497 e. The first-order valence-corrected chi connectivity index (χ1v) is 8.35. The van der Waals surface area contributed by atoms with Crippen LogP contribution >= 0.6 is 11.3 Å². The summed E-state index contributed by atoms with van der Waals surface area (Å²) in [7, 11) is 3.50. The molecule has 3 rings (SSSR count). The van der Waals surface area contributed by atoms with Crippen molar-refractivity contribution in [1.29, 1.82) is 0 Å². The van der Waals surface area contributed by atoms with E-state index >= 15 is 0 Å². The molecule has 1 saturated carbocycles. The third-order valence-corrected chi connectivity index (χ3v) is 4.59. The van der Waals surface area contributed by atoms with Gasteiger partial charge in [-0.2, -0.15) is 0 Å². The van der Waals surface area contributed by atoms with Gasteiger partial charge in [0, 0.05) is 18.0 Å². The van der Waals surface area contributed by atoms with Crippen molar-refractivity contribution in [2.45, 2.75) is 25.4 Å². The minimum atomic E-state index is 0.615. The molecule has 1 fully saturated rings. The van der Waals surface area contributed by atoms with Crippen LogP contribution in [-0.2, 0) is 6.54 Å². The molecule has 1 aromatic heterocycles. The number of guanidine groups is 1. The third kappa shape index (κ3) is 3.80. The number of aliphatic imine (C=N–C) groups is 1. The van der Waals surface area contributed by atoms with Crippen molar-refractivity contribution in [2.75, 3.05) is 14.2 Å². The summed E-state index contributed by atoms with van der Waals surface area (Å²) in [6.07, 6.45) is 2.50. The second-order valence-electron chi connectivity index (χ2n) is 5.37. The predicted octanol–water partition coefficient (Wildman–Crippen LogP) is 3.25. The fourth-order valence-corrected chi connectivity index (χ4v) is 3.03. The zero-order valence-corrected chi connectivity index (χ0v) is 13.7. The van der Waals surface area contributed by atoms with E-state index in [0.29, 0.717) is 6.04 Å². The van der Waals surface area contributed by atoms with Crippen LogP contribution in [0.1, 0.15) is 17.7 Å². The molecule has 0 saturated heterocycles. The van der Waals surface area contributed by atoms with Gasteiger partial charge in [0.25, 0.3) is 0 Å². The van der Waals surface area contributed by atoms with E-state index in [0.717, 1.165) is 18.3 Å². The zero-order chi connectivity index (χ0) is 15.4. The molecule has 0 amide bonds. The minimum absolute atomic E-state index is 0.615. The smallest absolute Gasteiger partial charge is 0.191 e. The van der Waals surface area contributed by atoms with Gasteiger partial charge in [-0.3, -0.25) is 4.99 Å². The summed E-state index contributed by atoms with van der Waals surface area (Å²) < 4.78 is 5.20. The first-order valence-electron chi connectivity index (χ1n) is 7.47. The van der Waals surface area contributed by atoms with Gasteiger partial charge in [-0.25, -0.2) is 0 Å². The molecule has 1 aromatic carbocycles. The highest BCUT2D eigenvalue weighted by molar-refractivity contribution is 7.10. The first-order chi connectivity index (χ1) is 10.8. The fourth-order valence-electron chi connectivity index (χ4n) is 2.19. The SMILES string of the molecule is CN=C(NCc1cc(-c2ccc(OC)cc2)cs1)NC1CC1. The number of hydrogen-bond donors (Lipinski definition) is 2. The molecular weight excluding hydrogens is 294 g/mol. The summed E-state index contributed by atoms with van der Waals surface area (Å²) in [6, 6.07) is 11.0. The molecule has 0 atom stereocenters. The molecule has 22 heavy (non-hydrogen) atoms. The van der Waals surface area contributed by atoms with Crippen LogP contribution in [0, 0.1) is 0 Å². The molecule has 0 unspecified atom stereocenters. The lowest BCUT2D eigenvalue weighted by Crippen LogP contribution is -2.37. The maximum atomic E-state index is 5.20. The molecule has 5 heteroatoms. The van der Waals surface area contributed by atoms with Crippen LogP contribution in [0.2, 0.25) is 0 Å². The summed E-state index contributed by atoms with van der Waals surface area (Å²) in [4.78, 5) is 5.55. The lowest BCUT2D eigenvalue weighted by atomic mass is 10.1. The Morgan fingerprint density at radius 3 is 2.68 bits per heavy atom. The van der Waals surface area contributed by atoms with Crippen LogP contribution in [0.15, 0.2) is 40.7 Å². The highest BCUT2D eigenvalue weighted by Gasteiger charge is 2.22. The third-order valence-electron chi connectivity index (χ3n) is 3.65. The second kappa shape index (κ2) is 6.83. The molecule has 2 aromatic rings. The Morgan fingerprint density at radius 1 is 1.27 bits per heavy atom. The van der Waals surface area contributed by atoms with Crippen LogP contribution in [-0.4, -0.2) is 26.2 Å². The van der Waals surface area contributed by atoms with Crippen molar-refractivity contribution in [2.24, 2.45) is 4.99 Å². The Morgan fingerprint density at radius 2 is 2.05 bits per heavy atom. The quantitative estimate of drug-likeness (QED) is 0.657. The topological polar surface area (TPSA) is 45.7 Å². The van der Waals surface area contributed by atoms with Crippen LogP contribution in [0.3, 0.4) is 0 Å². The molecular formula is C17H21N3OS. The van der Waals surface area contributed by atoms with Crippen molar-refractivity contribution in [1.82, 2.24) is 10.6 Å². The van der Waals surface area contributed by atoms with Crippen LogP contribution < -0.4 is 15.4 Å². The van der Waals surface area contributed by atoms with E-state index in [1.165, 1.54) is 28.8 Å². The molecule has 1 heterocycles. The van der Waals surface area contributed by atoms with Gasteiger partial charge >= 0.3 is 0 Å². The highest BCUT2D eigenvalue weighted by atomic mass is 32.1. The second-order valence-corrected chi connectivity index (χ2v) is 6.37. The van der Waals surface area contributed by atoms with Crippen molar-refractivity contribution < 1.29 is 4.74 Å². The number of thiophene rings is 1. The molecule has 4 nitrogen and oxygen atoms in total. The molecule has 0 radical (unpaired) electrons. The Balaban J connectivity index is 1.60. The van der Waals surface area contributed by atoms with Gasteiger partial charge in [-0.05, 0) is 47.5 Å². The first kappa shape index (κ1) is 14.9. The maximum absolute atomic E-state index is 5.20. The summed E-state index contributed by atoms with van der Waals surface area (Å²) in [6.45, 7) is 0.799. The minimum Gasteiger partial charge on any atom is -0.497 e. The van der Waals surface area contributed by atoms with Crippen molar-refractivity contribution in [3.05, 3.63) is 40.6 Å². The fraction of sp³-hybridized carbons (Fsp3) is 0.353. The van der Waals surface area contributed by atoms with Crippen LogP contribution in [0.25, 0.3) is 11.1 Å². The van der Waals surface area contributed by atoms with Crippen molar-refractivity contribution >= 4 is 17.3 Å². The average molecular weight is 315 g/mol. The monoisotopic (exact) mass is 315 g/mol. The van der Waals surface area contributed by atoms with E-state index in [1.54, 1.807) is 18.4 Å². The Bertz CT molecular complexity index is 644. The Kier molecular flexibility index (Phi) is 4.63. The van der Waals surface area contributed by atoms with Gasteiger partial charge in [-0.1, -0.05) is 12.1 Å². The van der Waals surface area contributed by atoms with Crippen molar-refractivity contribution in [3.8, 4) is 16.9 Å². The number of methoxy groups -OCH3 is 1. The number of hydrogen-bond acceptors (Lipinski definition) is 3. The lowest BCUT2D eigenvalue weighted by molar-refractivity contribution is 0.415. The molecule has 0 spiro atoms. The van der Waals surface area contributed by atoms with E-state index < -0.39 is 0 Å². The van der Waals surface area contributed by atoms with Crippen LogP contribution in [0.5, 0.6) is 5.75 Å². The molecule has 0 bridgehead atoms. The maximum Gasteiger partial charge on any atom is 0.191 e. The average Bonchev–Trinajstić information content (AvgIpc) is 3.26.